The number of halogens is 6. The van der Waals surface area contributed by atoms with E-state index in [1.807, 2.05) is 54.3 Å². The van der Waals surface area contributed by atoms with Gasteiger partial charge in [-0.3, -0.25) is 57.4 Å². The maximum atomic E-state index is 15.6. The van der Waals surface area contributed by atoms with Gasteiger partial charge < -0.3 is 19.6 Å². The second kappa shape index (κ2) is 39.3. The first-order valence-electron chi connectivity index (χ1n) is 50.1. The number of benzene rings is 4. The fourth-order valence-corrected chi connectivity index (χ4v) is 23.4. The van der Waals surface area contributed by atoms with E-state index in [1.54, 1.807) is 61.2 Å². The number of nitrogens with zero attached hydrogens (tertiary/aromatic N) is 20. The molecule has 24 rings (SSSR count). The van der Waals surface area contributed by atoms with E-state index in [4.69, 9.17) is 52.8 Å². The van der Waals surface area contributed by atoms with Crippen LogP contribution in [0.15, 0.2) is 171 Å². The summed E-state index contributed by atoms with van der Waals surface area (Å²) >= 11 is 6.68. The van der Waals surface area contributed by atoms with Crippen molar-refractivity contribution in [2.75, 3.05) is 72.0 Å². The third-order valence-electron chi connectivity index (χ3n) is 31.9. The van der Waals surface area contributed by atoms with Gasteiger partial charge in [0, 0.05) is 127 Å². The number of hydrogen-bond donors (Lipinski definition) is 0. The second-order valence-corrected chi connectivity index (χ2v) is 41.2. The number of piperidine rings is 4. The molecule has 0 N–H and O–H groups in total. The Kier molecular flexibility index (Phi) is 26.0. The molecule has 4 saturated heterocycles. The Morgan fingerprint density at radius 2 is 0.667 bits per heavy atom. The zero-order valence-electron chi connectivity index (χ0n) is 78.9. The van der Waals surface area contributed by atoms with Crippen LogP contribution in [0.25, 0.3) is 87.7 Å². The van der Waals surface area contributed by atoms with E-state index >= 15 is 4.39 Å². The van der Waals surface area contributed by atoms with Crippen LogP contribution in [0.3, 0.4) is 0 Å². The molecular formula is C111H108ClF5N20O4. The number of anilines is 4. The quantitative estimate of drug-likeness (QED) is 0.0648. The normalized spacial score (nSPS) is 20.3. The SMILES string of the molecule is [C-]#[N+]c1ccc(-c2nc(N3CCC4(CCCC4)CC3)c(C)c(=O)n2-c2ccc(C3CC3)nc2)cc1F.[C-]#[N+]c1ccc(-c2nc(N3CCC4(CCCC4)CC3)cc(=O)n2-c2ccc(C3CC3)nc2)cc1F.[C-]#[N+]c1ccc(-c2nc(N3CCC4CCCC4C3)c(Cl)c(=O)n2-c2ccc(C3CC3)nc2)cc1F.[C-]#[N+]c1ccc(-c2nc(N3CCC4CCCC4C3)c(F)c(=O)n2-c2ccc(C3CC3)nc2)cc1F. The number of pyridine rings is 4. The van der Waals surface area contributed by atoms with Gasteiger partial charge in [0.15, 0.2) is 11.6 Å². The first-order chi connectivity index (χ1) is 68.6. The summed E-state index contributed by atoms with van der Waals surface area (Å²) in [5, 5.41) is 0.0646. The number of aromatic nitrogens is 12. The lowest BCUT2D eigenvalue weighted by atomic mass is 9.77. The summed E-state index contributed by atoms with van der Waals surface area (Å²) < 4.78 is 79.7. The van der Waals surface area contributed by atoms with E-state index in [1.165, 1.54) is 146 Å². The second-order valence-electron chi connectivity index (χ2n) is 40.8. The van der Waals surface area contributed by atoms with E-state index in [-0.39, 0.29) is 50.5 Å². The van der Waals surface area contributed by atoms with E-state index in [9.17, 15) is 36.7 Å². The molecule has 4 atom stereocenters. The Bertz CT molecular complexity index is 7050. The molecule has 0 amide bonds. The highest BCUT2D eigenvalue weighted by Crippen LogP contribution is 2.51. The lowest BCUT2D eigenvalue weighted by Crippen LogP contribution is -2.41. The maximum absolute atomic E-state index is 15.6. The average Bonchev–Trinajstić information content (AvgIpc) is 0.909. The van der Waals surface area contributed by atoms with Crippen molar-refractivity contribution in [3.63, 3.8) is 0 Å². The van der Waals surface area contributed by atoms with Gasteiger partial charge >= 0.3 is 0 Å². The Morgan fingerprint density at radius 3 is 1.03 bits per heavy atom. The molecule has 4 aliphatic heterocycles. The summed E-state index contributed by atoms with van der Waals surface area (Å²) in [4.78, 5) is 113. The average molecular weight is 1920 g/mol. The highest BCUT2D eigenvalue weighted by molar-refractivity contribution is 6.32. The predicted octanol–water partition coefficient (Wildman–Crippen LogP) is 24.1. The van der Waals surface area contributed by atoms with Crippen LogP contribution in [0.5, 0.6) is 0 Å². The monoisotopic (exact) mass is 1910 g/mol. The lowest BCUT2D eigenvalue weighted by molar-refractivity contribution is 0.226. The molecule has 12 fully saturated rings. The zero-order valence-corrected chi connectivity index (χ0v) is 79.6. The predicted molar refractivity (Wildman–Crippen MR) is 535 cm³/mol. The molecule has 8 saturated carbocycles. The van der Waals surface area contributed by atoms with Crippen molar-refractivity contribution in [3.8, 4) is 68.3 Å². The Morgan fingerprint density at radius 1 is 0.333 bits per heavy atom. The van der Waals surface area contributed by atoms with Gasteiger partial charge in [0.05, 0.1) is 79.4 Å². The molecule has 30 heteroatoms. The van der Waals surface area contributed by atoms with Crippen molar-refractivity contribution in [2.45, 2.75) is 210 Å². The van der Waals surface area contributed by atoms with E-state index < -0.39 is 40.2 Å². The third-order valence-corrected chi connectivity index (χ3v) is 32.2. The molecule has 12 aromatic rings. The van der Waals surface area contributed by atoms with Crippen LogP contribution in [0.1, 0.15) is 232 Å². The molecule has 4 unspecified atom stereocenters. The van der Waals surface area contributed by atoms with Gasteiger partial charge in [-0.25, -0.2) is 56.9 Å². The van der Waals surface area contributed by atoms with E-state index in [2.05, 4.69) is 59.0 Å². The zero-order chi connectivity index (χ0) is 97.1. The van der Waals surface area contributed by atoms with Gasteiger partial charge in [0.25, 0.3) is 22.2 Å². The van der Waals surface area contributed by atoms with Crippen LogP contribution >= 0.6 is 11.6 Å². The Labute approximate surface area is 819 Å². The molecule has 141 heavy (non-hydrogen) atoms. The van der Waals surface area contributed by atoms with Crippen molar-refractivity contribution in [1.29, 1.82) is 0 Å². The van der Waals surface area contributed by atoms with Crippen molar-refractivity contribution in [2.24, 2.45) is 34.5 Å². The van der Waals surface area contributed by atoms with Crippen LogP contribution < -0.4 is 41.8 Å². The molecule has 0 radical (unpaired) electrons. The Balaban J connectivity index is 0.000000111. The largest absolute Gasteiger partial charge is 0.356 e. The van der Waals surface area contributed by atoms with Crippen molar-refractivity contribution < 1.29 is 22.0 Å². The molecule has 0 bridgehead atoms. The molecule has 8 aliphatic carbocycles. The third kappa shape index (κ3) is 19.2. The summed E-state index contributed by atoms with van der Waals surface area (Å²) in [6.07, 6.45) is 39.8. The van der Waals surface area contributed by atoms with Gasteiger partial charge in [-0.15, -0.1) is 0 Å². The molecule has 24 nitrogen and oxygen atoms in total. The van der Waals surface area contributed by atoms with Gasteiger partial charge in [0.2, 0.25) is 28.6 Å². The molecular weight excluding hydrogens is 1810 g/mol. The van der Waals surface area contributed by atoms with Crippen molar-refractivity contribution >= 4 is 57.6 Å². The van der Waals surface area contributed by atoms with E-state index in [0.717, 1.165) is 169 Å². The fourth-order valence-electron chi connectivity index (χ4n) is 23.1. The van der Waals surface area contributed by atoms with Gasteiger partial charge in [0.1, 0.15) is 63.2 Å². The summed E-state index contributed by atoms with van der Waals surface area (Å²) in [6.45, 7) is 36.9. The molecule has 8 aromatic heterocycles. The molecule has 718 valence electrons. The number of rotatable bonds is 16. The minimum Gasteiger partial charge on any atom is -0.356 e. The maximum Gasteiger partial charge on any atom is 0.296 e. The standard InChI is InChI=1S/C29H30FN5O.C28H28FN5O.C27H25ClFN5O.C27H25F2N5O/c1-19-26(34-15-13-29(14-16-34)11-3-4-12-29)33-27(21-7-9-25(31-2)23(30)17-21)35(28(19)36)22-8-10-24(32-18-22)20-5-6-20;1-30-24-8-6-20(16-22(24)29)27-32-25(33-14-12-28(13-15-33)10-2-3-11-28)17-26(35)34(27)21-7-9-23(31-18-21)19-4-5-19;1-30-23-9-7-18(13-21(23)29)25-32-26(33-12-11-16-3-2-4-19(16)15-33)24(28)27(35)34(25)20-8-10-22(31-14-20)17-5-6-17;1-30-23-9-7-18(13-21(23)28)25-32-26(33-12-11-16-3-2-4-19(16)15-33)24(29)27(35)34(25)20-8-10-22(31-14-20)17-5-6-17/h7-10,17-18,20H,3-6,11-16H2,1H3;6-9,16-19H,2-5,10-15H2;2*7-10,13-14,16-17,19H,2-6,11-12,15H2. The summed E-state index contributed by atoms with van der Waals surface area (Å²) in [6, 6.07) is 33.9. The van der Waals surface area contributed by atoms with E-state index in [0.29, 0.717) is 151 Å². The lowest BCUT2D eigenvalue weighted by Gasteiger charge is -2.40. The molecule has 4 aromatic carbocycles. The first-order valence-corrected chi connectivity index (χ1v) is 50.4. The number of hydrogen-bond acceptors (Lipinski definition) is 16. The summed E-state index contributed by atoms with van der Waals surface area (Å²) in [5.41, 5.74) is 7.35. The topological polar surface area (TPSA) is 222 Å². The summed E-state index contributed by atoms with van der Waals surface area (Å²) in [5.74, 6) is 3.83. The Hall–Kier alpha value is -13.9. The minimum atomic E-state index is -0.908. The number of fused-ring (bicyclic) bond motifs is 2. The highest BCUT2D eigenvalue weighted by Gasteiger charge is 2.43. The van der Waals surface area contributed by atoms with Crippen LogP contribution in [0, 0.1) is 96.8 Å². The van der Waals surface area contributed by atoms with Crippen molar-refractivity contribution in [1.82, 2.24) is 58.1 Å². The van der Waals surface area contributed by atoms with Crippen LogP contribution in [-0.4, -0.2) is 110 Å². The van der Waals surface area contributed by atoms with Crippen LogP contribution in [-0.2, 0) is 0 Å². The first kappa shape index (κ1) is 93.4. The van der Waals surface area contributed by atoms with Gasteiger partial charge in [-0.2, -0.15) is 4.39 Å². The summed E-state index contributed by atoms with van der Waals surface area (Å²) in [7, 11) is 0. The molecule has 12 heterocycles. The van der Waals surface area contributed by atoms with Crippen molar-refractivity contribution in [3.05, 3.63) is 302 Å². The smallest absolute Gasteiger partial charge is 0.296 e. The molecule has 2 spiro atoms. The van der Waals surface area contributed by atoms with Gasteiger partial charge in [-0.05, 0) is 243 Å². The minimum absolute atomic E-state index is 0.0174. The van der Waals surface area contributed by atoms with Gasteiger partial charge in [-0.1, -0.05) is 111 Å². The van der Waals surface area contributed by atoms with Crippen LogP contribution in [0.4, 0.5) is 68.0 Å². The fraction of sp³-hybridized carbons (Fsp3) is 0.423. The highest BCUT2D eigenvalue weighted by atomic mass is 35.5. The van der Waals surface area contributed by atoms with Crippen LogP contribution in [0.2, 0.25) is 5.02 Å². The molecule has 12 aliphatic rings.